The van der Waals surface area contributed by atoms with Gasteiger partial charge in [0.05, 0.1) is 14.2 Å². The minimum Gasteiger partial charge on any atom is -0.496 e. The maximum Gasteiger partial charge on any atom is 0.326 e. The Morgan fingerprint density at radius 1 is 1.47 bits per heavy atom. The van der Waals surface area contributed by atoms with Crippen LogP contribution in [0.15, 0.2) is 18.2 Å². The molecule has 3 rings (SSSR count). The summed E-state index contributed by atoms with van der Waals surface area (Å²) in [6.45, 7) is 0.658. The molecular formula is C13H15NO3. The molecule has 0 saturated heterocycles. The van der Waals surface area contributed by atoms with Crippen LogP contribution in [0.25, 0.3) is 0 Å². The first-order chi connectivity index (χ1) is 8.23. The molecule has 0 bridgehead atoms. The summed E-state index contributed by atoms with van der Waals surface area (Å²) in [7, 11) is 3.11. The summed E-state index contributed by atoms with van der Waals surface area (Å²) < 4.78 is 10.2. The Morgan fingerprint density at radius 3 is 3.00 bits per heavy atom. The van der Waals surface area contributed by atoms with Crippen LogP contribution in [0, 0.1) is 0 Å². The van der Waals surface area contributed by atoms with E-state index in [1.54, 1.807) is 7.11 Å². The van der Waals surface area contributed by atoms with Gasteiger partial charge in [0.2, 0.25) is 0 Å². The van der Waals surface area contributed by atoms with E-state index in [1.165, 1.54) is 12.7 Å². The van der Waals surface area contributed by atoms with Crippen LogP contribution in [0.4, 0.5) is 0 Å². The predicted octanol–water partition coefficient (Wildman–Crippen LogP) is 1.20. The van der Waals surface area contributed by atoms with Crippen LogP contribution in [0.1, 0.15) is 23.5 Å². The Kier molecular flexibility index (Phi) is 2.16. The quantitative estimate of drug-likeness (QED) is 0.780. The van der Waals surface area contributed by atoms with Crippen LogP contribution < -0.4 is 10.1 Å². The standard InChI is InChI=1S/C13H15NO3/c1-16-11-5-3-4-8-9(11)7-14-13(6-10(8)13)12(15)17-2/h3-5,10,14H,6-7H2,1-2H3/t10-,13-/m1/s1. The van der Waals surface area contributed by atoms with Crippen molar-refractivity contribution >= 4 is 5.97 Å². The Balaban J connectivity index is 2.00. The smallest absolute Gasteiger partial charge is 0.326 e. The second-order valence-corrected chi connectivity index (χ2v) is 4.60. The molecule has 1 fully saturated rings. The third-order valence-electron chi connectivity index (χ3n) is 3.86. The second-order valence-electron chi connectivity index (χ2n) is 4.60. The number of methoxy groups -OCH3 is 2. The molecule has 0 spiro atoms. The fourth-order valence-corrected chi connectivity index (χ4v) is 2.85. The van der Waals surface area contributed by atoms with Gasteiger partial charge in [-0.15, -0.1) is 0 Å². The number of benzene rings is 1. The van der Waals surface area contributed by atoms with Crippen LogP contribution in [0.5, 0.6) is 5.75 Å². The van der Waals surface area contributed by atoms with Gasteiger partial charge < -0.3 is 9.47 Å². The lowest BCUT2D eigenvalue weighted by Crippen LogP contribution is -2.43. The number of esters is 1. The van der Waals surface area contributed by atoms with Crippen molar-refractivity contribution in [1.82, 2.24) is 5.32 Å². The van der Waals surface area contributed by atoms with Crippen LogP contribution in [0.2, 0.25) is 0 Å². The molecule has 1 aliphatic carbocycles. The fraction of sp³-hybridized carbons (Fsp3) is 0.462. The van der Waals surface area contributed by atoms with Gasteiger partial charge in [-0.05, 0) is 18.1 Å². The SMILES string of the molecule is COC(=O)[C@@]12C[C@@H]1c1cccc(OC)c1CN2. The minimum absolute atomic E-state index is 0.157. The minimum atomic E-state index is -0.478. The third kappa shape index (κ3) is 1.30. The van der Waals surface area contributed by atoms with Crippen molar-refractivity contribution in [3.63, 3.8) is 0 Å². The molecule has 17 heavy (non-hydrogen) atoms. The number of fused-ring (bicyclic) bond motifs is 3. The summed E-state index contributed by atoms with van der Waals surface area (Å²) in [4.78, 5) is 11.8. The van der Waals surface area contributed by atoms with E-state index in [4.69, 9.17) is 9.47 Å². The molecule has 90 valence electrons. The zero-order valence-electron chi connectivity index (χ0n) is 9.95. The number of carbonyl (C=O) groups excluding carboxylic acids is 1. The highest BCUT2D eigenvalue weighted by molar-refractivity contribution is 5.87. The van der Waals surface area contributed by atoms with E-state index >= 15 is 0 Å². The molecule has 1 heterocycles. The lowest BCUT2D eigenvalue weighted by atomic mass is 9.95. The molecule has 1 aromatic rings. The van der Waals surface area contributed by atoms with Crippen molar-refractivity contribution in [1.29, 1.82) is 0 Å². The van der Waals surface area contributed by atoms with Gasteiger partial charge in [0.15, 0.2) is 0 Å². The molecule has 0 radical (unpaired) electrons. The maximum atomic E-state index is 11.8. The average Bonchev–Trinajstić information content (AvgIpc) is 3.13. The van der Waals surface area contributed by atoms with Crippen molar-refractivity contribution in [3.8, 4) is 5.75 Å². The lowest BCUT2D eigenvalue weighted by Gasteiger charge is -2.25. The second kappa shape index (κ2) is 3.47. The van der Waals surface area contributed by atoms with Crippen molar-refractivity contribution in [2.75, 3.05) is 14.2 Å². The van der Waals surface area contributed by atoms with E-state index in [0.29, 0.717) is 6.54 Å². The molecule has 4 nitrogen and oxygen atoms in total. The van der Waals surface area contributed by atoms with Crippen molar-refractivity contribution in [3.05, 3.63) is 29.3 Å². The van der Waals surface area contributed by atoms with E-state index in [2.05, 4.69) is 11.4 Å². The highest BCUT2D eigenvalue weighted by Gasteiger charge is 2.63. The maximum absolute atomic E-state index is 11.8. The number of nitrogens with one attached hydrogen (secondary N) is 1. The molecule has 1 aliphatic heterocycles. The van der Waals surface area contributed by atoms with Crippen molar-refractivity contribution in [2.45, 2.75) is 24.4 Å². The van der Waals surface area contributed by atoms with E-state index in [-0.39, 0.29) is 11.9 Å². The Bertz CT molecular complexity index is 486. The Labute approximate surface area is 99.9 Å². The molecule has 2 atom stereocenters. The lowest BCUT2D eigenvalue weighted by molar-refractivity contribution is -0.144. The van der Waals surface area contributed by atoms with E-state index in [1.807, 2.05) is 12.1 Å². The Hall–Kier alpha value is -1.55. The number of ether oxygens (including phenoxy) is 2. The number of hydrogen-bond acceptors (Lipinski definition) is 4. The summed E-state index contributed by atoms with van der Waals surface area (Å²) in [5.74, 6) is 0.963. The van der Waals surface area contributed by atoms with E-state index < -0.39 is 5.54 Å². The first-order valence-electron chi connectivity index (χ1n) is 5.72. The first kappa shape index (κ1) is 10.6. The van der Waals surface area contributed by atoms with E-state index in [9.17, 15) is 4.79 Å². The topological polar surface area (TPSA) is 47.6 Å². The van der Waals surface area contributed by atoms with E-state index in [0.717, 1.165) is 17.7 Å². The van der Waals surface area contributed by atoms with Gasteiger partial charge in [-0.3, -0.25) is 10.1 Å². The monoisotopic (exact) mass is 233 g/mol. The summed E-state index contributed by atoms with van der Waals surface area (Å²) in [6.07, 6.45) is 0.819. The molecule has 0 aromatic heterocycles. The summed E-state index contributed by atoms with van der Waals surface area (Å²) in [5.41, 5.74) is 1.90. The van der Waals surface area contributed by atoms with Crippen LogP contribution in [-0.4, -0.2) is 25.7 Å². The molecule has 1 N–H and O–H groups in total. The fourth-order valence-electron chi connectivity index (χ4n) is 2.85. The van der Waals surface area contributed by atoms with Gasteiger partial charge in [-0.25, -0.2) is 0 Å². The average molecular weight is 233 g/mol. The molecule has 1 saturated carbocycles. The highest BCUT2D eigenvalue weighted by Crippen LogP contribution is 2.56. The van der Waals surface area contributed by atoms with Gasteiger partial charge in [0.1, 0.15) is 11.3 Å². The van der Waals surface area contributed by atoms with Gasteiger partial charge in [-0.2, -0.15) is 0 Å². The van der Waals surface area contributed by atoms with Crippen LogP contribution >= 0.6 is 0 Å². The highest BCUT2D eigenvalue weighted by atomic mass is 16.5. The summed E-state index contributed by atoms with van der Waals surface area (Å²) >= 11 is 0. The zero-order chi connectivity index (χ0) is 12.0. The number of hydrogen-bond donors (Lipinski definition) is 1. The predicted molar refractivity (Wildman–Crippen MR) is 61.9 cm³/mol. The Morgan fingerprint density at radius 2 is 2.29 bits per heavy atom. The molecule has 2 aliphatic rings. The van der Waals surface area contributed by atoms with Crippen LogP contribution in [-0.2, 0) is 16.1 Å². The van der Waals surface area contributed by atoms with Crippen molar-refractivity contribution < 1.29 is 14.3 Å². The van der Waals surface area contributed by atoms with Gasteiger partial charge in [-0.1, -0.05) is 12.1 Å². The largest absolute Gasteiger partial charge is 0.496 e. The molecule has 0 unspecified atom stereocenters. The van der Waals surface area contributed by atoms with Gasteiger partial charge in [0, 0.05) is 18.0 Å². The molecule has 1 aromatic carbocycles. The van der Waals surface area contributed by atoms with Gasteiger partial charge >= 0.3 is 5.97 Å². The zero-order valence-corrected chi connectivity index (χ0v) is 9.95. The normalized spacial score (nSPS) is 28.9. The van der Waals surface area contributed by atoms with Gasteiger partial charge in [0.25, 0.3) is 0 Å². The molecule has 0 amide bonds. The number of rotatable bonds is 2. The van der Waals surface area contributed by atoms with Crippen LogP contribution in [0.3, 0.4) is 0 Å². The third-order valence-corrected chi connectivity index (χ3v) is 3.86. The molecule has 4 heteroatoms. The first-order valence-corrected chi connectivity index (χ1v) is 5.72. The number of carbonyl (C=O) groups is 1. The summed E-state index contributed by atoms with van der Waals surface area (Å²) in [5, 5.41) is 3.30. The summed E-state index contributed by atoms with van der Waals surface area (Å²) in [6, 6.07) is 6.01. The van der Waals surface area contributed by atoms with Crippen molar-refractivity contribution in [2.24, 2.45) is 0 Å². The molecular weight excluding hydrogens is 218 g/mol.